The summed E-state index contributed by atoms with van der Waals surface area (Å²) >= 11 is 0. The van der Waals surface area contributed by atoms with E-state index in [4.69, 9.17) is 0 Å². The normalized spacial score (nSPS) is 23.1. The number of anilines is 1. The van der Waals surface area contributed by atoms with Crippen LogP contribution in [0.15, 0.2) is 30.5 Å². The molecule has 0 unspecified atom stereocenters. The van der Waals surface area contributed by atoms with Crippen LogP contribution < -0.4 is 15.5 Å². The maximum atomic E-state index is 13.4. The lowest BCUT2D eigenvalue weighted by atomic mass is 9.93. The molecule has 0 bridgehead atoms. The smallest absolute Gasteiger partial charge is 0.369 e. The Balaban J connectivity index is 1.57. The highest BCUT2D eigenvalue weighted by molar-refractivity contribution is 5.94. The maximum Gasteiger partial charge on any atom is 0.418 e. The number of rotatable bonds is 4. The van der Waals surface area contributed by atoms with Gasteiger partial charge in [0.15, 0.2) is 0 Å². The van der Waals surface area contributed by atoms with Crippen LogP contribution >= 0.6 is 0 Å². The van der Waals surface area contributed by atoms with Gasteiger partial charge in [0.05, 0.1) is 11.1 Å². The largest absolute Gasteiger partial charge is 0.418 e. The Kier molecular flexibility index (Phi) is 5.38. The van der Waals surface area contributed by atoms with Gasteiger partial charge in [-0.05, 0) is 55.6 Å². The Labute approximate surface area is 167 Å². The van der Waals surface area contributed by atoms with Gasteiger partial charge in [0.1, 0.15) is 0 Å². The molecule has 0 saturated carbocycles. The summed E-state index contributed by atoms with van der Waals surface area (Å²) in [5.74, 6) is 0.764. The summed E-state index contributed by atoms with van der Waals surface area (Å²) in [4.78, 5) is 18.4. The molecule has 2 atom stereocenters. The van der Waals surface area contributed by atoms with E-state index >= 15 is 0 Å². The highest BCUT2D eigenvalue weighted by atomic mass is 19.4. The lowest BCUT2D eigenvalue weighted by molar-refractivity contribution is -0.136. The van der Waals surface area contributed by atoms with Gasteiger partial charge in [-0.2, -0.15) is 13.2 Å². The Morgan fingerprint density at radius 2 is 2.07 bits per heavy atom. The van der Waals surface area contributed by atoms with Crippen molar-refractivity contribution in [2.75, 3.05) is 31.1 Å². The number of aromatic nitrogens is 1. The van der Waals surface area contributed by atoms with Crippen LogP contribution in [0.2, 0.25) is 0 Å². The predicted octanol–water partition coefficient (Wildman–Crippen LogP) is 3.19. The Bertz CT molecular complexity index is 897. The average Bonchev–Trinajstić information content (AvgIpc) is 2.62. The number of carbonyl (C=O) groups is 1. The van der Waals surface area contributed by atoms with Crippen molar-refractivity contribution in [2.24, 2.45) is 11.8 Å². The van der Waals surface area contributed by atoms with Gasteiger partial charge in [0.2, 0.25) is 5.91 Å². The standard InChI is InChI=1S/C21H25F3N4O/c1-13-7-15(27-19(29)8-14-9-25-10-14)12-28(11-13)18-5-4-17(21(22,23)24)20-16(18)3-2-6-26-20/h2-6,13-15,25H,7-12H2,1H3,(H,27,29)/t13-,15+/m0/s1. The van der Waals surface area contributed by atoms with Crippen LogP contribution in [0.1, 0.15) is 25.3 Å². The zero-order valence-electron chi connectivity index (χ0n) is 16.3. The third-order valence-corrected chi connectivity index (χ3v) is 5.76. The van der Waals surface area contributed by atoms with Crippen molar-refractivity contribution in [3.8, 4) is 0 Å². The molecular weight excluding hydrogens is 381 g/mol. The molecule has 3 heterocycles. The van der Waals surface area contributed by atoms with Gasteiger partial charge in [-0.3, -0.25) is 9.78 Å². The highest BCUT2D eigenvalue weighted by Crippen LogP contribution is 2.38. The summed E-state index contributed by atoms with van der Waals surface area (Å²) in [6.45, 7) is 5.17. The number of amides is 1. The fraction of sp³-hybridized carbons (Fsp3) is 0.524. The Hall–Kier alpha value is -2.35. The third kappa shape index (κ3) is 4.32. The molecule has 29 heavy (non-hydrogen) atoms. The molecule has 1 amide bonds. The minimum atomic E-state index is -4.45. The topological polar surface area (TPSA) is 57.3 Å². The summed E-state index contributed by atoms with van der Waals surface area (Å²) in [5.41, 5.74) is -0.0234. The van der Waals surface area contributed by atoms with Crippen LogP contribution in [0.25, 0.3) is 10.9 Å². The Morgan fingerprint density at radius 3 is 2.76 bits per heavy atom. The molecule has 5 nitrogen and oxygen atoms in total. The van der Waals surface area contributed by atoms with E-state index in [2.05, 4.69) is 27.4 Å². The van der Waals surface area contributed by atoms with E-state index in [1.54, 1.807) is 12.1 Å². The molecule has 2 aromatic rings. The number of pyridine rings is 1. The lowest BCUT2D eigenvalue weighted by Crippen LogP contribution is -2.52. The van der Waals surface area contributed by atoms with Crippen LogP contribution in [0, 0.1) is 11.8 Å². The second kappa shape index (κ2) is 7.82. The summed E-state index contributed by atoms with van der Waals surface area (Å²) in [6.07, 6.45) is -1.68. The zero-order chi connectivity index (χ0) is 20.6. The van der Waals surface area contributed by atoms with E-state index in [1.807, 2.05) is 0 Å². The molecule has 2 aliphatic heterocycles. The number of carbonyl (C=O) groups excluding carboxylic acids is 1. The van der Waals surface area contributed by atoms with E-state index in [9.17, 15) is 18.0 Å². The highest BCUT2D eigenvalue weighted by Gasteiger charge is 2.35. The fourth-order valence-corrected chi connectivity index (χ4v) is 4.36. The first kappa shape index (κ1) is 19.9. The first-order valence-corrected chi connectivity index (χ1v) is 10.0. The van der Waals surface area contributed by atoms with Crippen LogP contribution in [0.4, 0.5) is 18.9 Å². The van der Waals surface area contributed by atoms with Crippen molar-refractivity contribution in [1.29, 1.82) is 0 Å². The van der Waals surface area contributed by atoms with Gasteiger partial charge >= 0.3 is 6.18 Å². The van der Waals surface area contributed by atoms with Gasteiger partial charge in [-0.15, -0.1) is 0 Å². The van der Waals surface area contributed by atoms with E-state index < -0.39 is 11.7 Å². The Morgan fingerprint density at radius 1 is 1.28 bits per heavy atom. The van der Waals surface area contributed by atoms with Crippen LogP contribution in [-0.2, 0) is 11.0 Å². The molecule has 2 saturated heterocycles. The molecule has 0 aliphatic carbocycles. The van der Waals surface area contributed by atoms with Crippen molar-refractivity contribution in [1.82, 2.24) is 15.6 Å². The monoisotopic (exact) mass is 406 g/mol. The molecule has 8 heteroatoms. The predicted molar refractivity (Wildman–Crippen MR) is 106 cm³/mol. The minimum absolute atomic E-state index is 0.0201. The van der Waals surface area contributed by atoms with E-state index in [0.29, 0.717) is 30.2 Å². The molecule has 0 radical (unpaired) electrons. The number of nitrogens with zero attached hydrogens (tertiary/aromatic N) is 2. The van der Waals surface area contributed by atoms with Crippen LogP contribution in [-0.4, -0.2) is 43.1 Å². The summed E-state index contributed by atoms with van der Waals surface area (Å²) in [6, 6.07) is 5.97. The van der Waals surface area contributed by atoms with Gasteiger partial charge in [-0.1, -0.05) is 6.92 Å². The number of alkyl halides is 3. The van der Waals surface area contributed by atoms with Crippen LogP contribution in [0.3, 0.4) is 0 Å². The van der Waals surface area contributed by atoms with E-state index in [1.165, 1.54) is 12.3 Å². The van der Waals surface area contributed by atoms with Gasteiger partial charge in [0.25, 0.3) is 0 Å². The first-order valence-electron chi connectivity index (χ1n) is 10.0. The second-order valence-electron chi connectivity index (χ2n) is 8.27. The number of nitrogens with one attached hydrogen (secondary N) is 2. The molecule has 2 fully saturated rings. The fourth-order valence-electron chi connectivity index (χ4n) is 4.36. The number of fused-ring (bicyclic) bond motifs is 1. The molecule has 0 spiro atoms. The average molecular weight is 406 g/mol. The molecule has 2 N–H and O–H groups in total. The van der Waals surface area contributed by atoms with E-state index in [0.717, 1.165) is 37.8 Å². The molecular formula is C21H25F3N4O. The number of hydrogen-bond acceptors (Lipinski definition) is 4. The maximum absolute atomic E-state index is 13.4. The first-order chi connectivity index (χ1) is 13.8. The third-order valence-electron chi connectivity index (χ3n) is 5.76. The summed E-state index contributed by atoms with van der Waals surface area (Å²) in [5, 5.41) is 6.78. The van der Waals surface area contributed by atoms with Crippen molar-refractivity contribution in [3.05, 3.63) is 36.0 Å². The molecule has 1 aromatic carbocycles. The summed E-state index contributed by atoms with van der Waals surface area (Å²) < 4.78 is 40.2. The van der Waals surface area contributed by atoms with Gasteiger partial charge in [-0.25, -0.2) is 0 Å². The quantitative estimate of drug-likeness (QED) is 0.819. The molecule has 156 valence electrons. The van der Waals surface area contributed by atoms with Crippen LogP contribution in [0.5, 0.6) is 0 Å². The zero-order valence-corrected chi connectivity index (χ0v) is 16.3. The van der Waals surface area contributed by atoms with Crippen molar-refractivity contribution in [2.45, 2.75) is 32.0 Å². The van der Waals surface area contributed by atoms with Gasteiger partial charge < -0.3 is 15.5 Å². The molecule has 1 aromatic heterocycles. The van der Waals surface area contributed by atoms with E-state index in [-0.39, 0.29) is 17.5 Å². The van der Waals surface area contributed by atoms with Crippen molar-refractivity contribution < 1.29 is 18.0 Å². The molecule has 2 aliphatic rings. The number of piperidine rings is 1. The lowest BCUT2D eigenvalue weighted by Gasteiger charge is -2.39. The second-order valence-corrected chi connectivity index (χ2v) is 8.27. The number of benzene rings is 1. The number of hydrogen-bond donors (Lipinski definition) is 2. The van der Waals surface area contributed by atoms with Crippen molar-refractivity contribution >= 4 is 22.5 Å². The summed E-state index contributed by atoms with van der Waals surface area (Å²) in [7, 11) is 0. The van der Waals surface area contributed by atoms with Gasteiger partial charge in [0, 0.05) is 42.8 Å². The van der Waals surface area contributed by atoms with Crippen molar-refractivity contribution in [3.63, 3.8) is 0 Å². The minimum Gasteiger partial charge on any atom is -0.369 e. The molecule has 4 rings (SSSR count). The number of halogens is 3. The SMILES string of the molecule is C[C@H]1C[C@@H](NC(=O)CC2CNC2)CN(c2ccc(C(F)(F)F)c3ncccc23)C1.